The number of benzene rings is 2. The summed E-state index contributed by atoms with van der Waals surface area (Å²) in [5, 5.41) is 15.3. The number of rotatable bonds is 8. The molecule has 0 radical (unpaired) electrons. The molecule has 1 heterocycles. The number of nitrogens with zero attached hydrogens (tertiary/aromatic N) is 1. The first kappa shape index (κ1) is 24.0. The van der Waals surface area contributed by atoms with Crippen LogP contribution >= 0.6 is 11.8 Å². The van der Waals surface area contributed by atoms with Crippen LogP contribution in [0.2, 0.25) is 0 Å². The predicted octanol–water partition coefficient (Wildman–Crippen LogP) is 3.00. The number of allylic oxidation sites excluding steroid dienone is 1. The first-order valence-electron chi connectivity index (χ1n) is 10.3. The third kappa shape index (κ3) is 5.79. The van der Waals surface area contributed by atoms with Crippen LogP contribution in [0.5, 0.6) is 0 Å². The number of thioether (sulfide) groups is 1. The van der Waals surface area contributed by atoms with Crippen LogP contribution in [0.15, 0.2) is 65.2 Å². The van der Waals surface area contributed by atoms with Gasteiger partial charge in [0.25, 0.3) is 0 Å². The molecule has 0 fully saturated rings. The molecule has 3 rings (SSSR count). The maximum absolute atomic E-state index is 14.6. The summed E-state index contributed by atoms with van der Waals surface area (Å²) in [6, 6.07) is 17.0. The molecule has 9 heteroatoms. The Morgan fingerprint density at radius 3 is 2.55 bits per heavy atom. The maximum Gasteiger partial charge on any atom is 0.319 e. The van der Waals surface area contributed by atoms with Crippen molar-refractivity contribution < 1.29 is 23.5 Å². The average Bonchev–Trinajstić information content (AvgIpc) is 2.82. The van der Waals surface area contributed by atoms with Gasteiger partial charge >= 0.3 is 5.97 Å². The number of hydrogen-bond donors (Lipinski definition) is 2. The summed E-state index contributed by atoms with van der Waals surface area (Å²) in [5.74, 6) is -5.19. The Hall–Kier alpha value is -3.64. The fourth-order valence-corrected chi connectivity index (χ4v) is 4.35. The van der Waals surface area contributed by atoms with E-state index in [1.54, 1.807) is 13.0 Å². The lowest BCUT2D eigenvalue weighted by atomic mass is 9.78. The van der Waals surface area contributed by atoms with Crippen molar-refractivity contribution >= 4 is 29.5 Å². The summed E-state index contributed by atoms with van der Waals surface area (Å²) in [6.45, 7) is 1.95. The van der Waals surface area contributed by atoms with Gasteiger partial charge in [-0.3, -0.25) is 14.4 Å². The maximum atomic E-state index is 14.6. The van der Waals surface area contributed by atoms with E-state index in [1.165, 1.54) is 18.2 Å². The molecule has 0 aromatic heterocycles. The van der Waals surface area contributed by atoms with Gasteiger partial charge in [-0.25, -0.2) is 4.39 Å². The number of amides is 2. The first-order chi connectivity index (χ1) is 16.0. The Balaban J connectivity index is 1.85. The van der Waals surface area contributed by atoms with E-state index in [1.807, 2.05) is 36.4 Å². The minimum Gasteiger partial charge on any atom is -0.465 e. The zero-order valence-electron chi connectivity index (χ0n) is 17.8. The normalized spacial score (nSPS) is 17.7. The van der Waals surface area contributed by atoms with Gasteiger partial charge in [0, 0.05) is 12.5 Å². The van der Waals surface area contributed by atoms with E-state index in [9.17, 15) is 24.0 Å². The standard InChI is InChI=1S/C24H22FN3O4S/c1-2-32-24(31)21-20(16-10-6-7-11-18(16)25)17(12-26)23(28-22(21)30)33-14-19(29)27-13-15-8-4-3-5-9-15/h3-11,20-21H,2,13-14H2,1H3,(H,27,29)(H,28,30)/t20-,21-/m0/s1. The average molecular weight is 468 g/mol. The van der Waals surface area contributed by atoms with Gasteiger partial charge in [-0.05, 0) is 24.1 Å². The van der Waals surface area contributed by atoms with Gasteiger partial charge in [0.05, 0.1) is 29.0 Å². The molecule has 2 atom stereocenters. The molecular formula is C24H22FN3O4S. The highest BCUT2D eigenvalue weighted by Gasteiger charge is 2.45. The molecular weight excluding hydrogens is 445 g/mol. The number of halogens is 1. The van der Waals surface area contributed by atoms with E-state index in [-0.39, 0.29) is 34.4 Å². The molecule has 33 heavy (non-hydrogen) atoms. The smallest absolute Gasteiger partial charge is 0.319 e. The Morgan fingerprint density at radius 2 is 1.88 bits per heavy atom. The van der Waals surface area contributed by atoms with E-state index < -0.39 is 29.5 Å². The fraction of sp³-hybridized carbons (Fsp3) is 0.250. The van der Waals surface area contributed by atoms with Gasteiger partial charge in [-0.2, -0.15) is 5.26 Å². The molecule has 0 bridgehead atoms. The zero-order valence-corrected chi connectivity index (χ0v) is 18.7. The summed E-state index contributed by atoms with van der Waals surface area (Å²) in [5.41, 5.74) is 0.961. The highest BCUT2D eigenvalue weighted by molar-refractivity contribution is 8.03. The molecule has 170 valence electrons. The molecule has 7 nitrogen and oxygen atoms in total. The number of carbonyl (C=O) groups is 3. The lowest BCUT2D eigenvalue weighted by Gasteiger charge is -2.31. The SMILES string of the molecule is CCOC(=O)[C@@H]1C(=O)NC(SCC(=O)NCc2ccccc2)=C(C#N)[C@@H]1c1ccccc1F. The number of hydrogen-bond acceptors (Lipinski definition) is 6. The summed E-state index contributed by atoms with van der Waals surface area (Å²) in [4.78, 5) is 37.7. The van der Waals surface area contributed by atoms with Crippen molar-refractivity contribution in [3.8, 4) is 6.07 Å². The van der Waals surface area contributed by atoms with Gasteiger partial charge in [0.15, 0.2) is 0 Å². The highest BCUT2D eigenvalue weighted by Crippen LogP contribution is 2.41. The summed E-state index contributed by atoms with van der Waals surface area (Å²) >= 11 is 0.947. The van der Waals surface area contributed by atoms with Gasteiger partial charge in [-0.1, -0.05) is 60.3 Å². The molecule has 2 aromatic rings. The van der Waals surface area contributed by atoms with Crippen LogP contribution in [-0.4, -0.2) is 30.1 Å². The van der Waals surface area contributed by atoms with Gasteiger partial charge in [-0.15, -0.1) is 0 Å². The molecule has 1 aliphatic rings. The minimum atomic E-state index is -1.42. The molecule has 2 amide bonds. The monoisotopic (exact) mass is 467 g/mol. The minimum absolute atomic E-state index is 0.00128. The quantitative estimate of drug-likeness (QED) is 0.456. The van der Waals surface area contributed by atoms with E-state index in [0.29, 0.717) is 6.54 Å². The number of nitrogens with one attached hydrogen (secondary N) is 2. The lowest BCUT2D eigenvalue weighted by molar-refractivity contribution is -0.152. The topological polar surface area (TPSA) is 108 Å². The van der Waals surface area contributed by atoms with Gasteiger partial charge in [0.1, 0.15) is 11.7 Å². The molecule has 0 saturated carbocycles. The highest BCUT2D eigenvalue weighted by atomic mass is 32.2. The third-order valence-corrected chi connectivity index (χ3v) is 6.01. The van der Waals surface area contributed by atoms with Crippen LogP contribution in [0.4, 0.5) is 4.39 Å². The zero-order chi connectivity index (χ0) is 23.8. The molecule has 2 N–H and O–H groups in total. The second-order valence-corrected chi connectivity index (χ2v) is 8.11. The lowest BCUT2D eigenvalue weighted by Crippen LogP contribution is -2.44. The van der Waals surface area contributed by atoms with Crippen molar-refractivity contribution in [1.29, 1.82) is 5.26 Å². The van der Waals surface area contributed by atoms with Gasteiger partial charge < -0.3 is 15.4 Å². The Morgan fingerprint density at radius 1 is 1.18 bits per heavy atom. The fourth-order valence-electron chi connectivity index (χ4n) is 3.47. The number of ether oxygens (including phenoxy) is 1. The van der Waals surface area contributed by atoms with E-state index in [0.717, 1.165) is 17.3 Å². The number of carbonyl (C=O) groups excluding carboxylic acids is 3. The van der Waals surface area contributed by atoms with Crippen LogP contribution in [0.1, 0.15) is 24.0 Å². The van der Waals surface area contributed by atoms with Crippen molar-refractivity contribution in [2.24, 2.45) is 5.92 Å². The van der Waals surface area contributed by atoms with Crippen molar-refractivity contribution in [3.05, 3.63) is 82.1 Å². The van der Waals surface area contributed by atoms with Crippen LogP contribution in [0.25, 0.3) is 0 Å². The van der Waals surface area contributed by atoms with Crippen LogP contribution in [-0.2, 0) is 25.7 Å². The molecule has 0 unspecified atom stereocenters. The second kappa shape index (κ2) is 11.3. The van der Waals surface area contributed by atoms with E-state index in [4.69, 9.17) is 4.74 Å². The predicted molar refractivity (Wildman–Crippen MR) is 121 cm³/mol. The van der Waals surface area contributed by atoms with E-state index >= 15 is 0 Å². The number of nitriles is 1. The van der Waals surface area contributed by atoms with Crippen molar-refractivity contribution in [3.63, 3.8) is 0 Å². The van der Waals surface area contributed by atoms with Crippen LogP contribution < -0.4 is 10.6 Å². The van der Waals surface area contributed by atoms with Crippen molar-refractivity contribution in [2.75, 3.05) is 12.4 Å². The van der Waals surface area contributed by atoms with Gasteiger partial charge in [0.2, 0.25) is 11.8 Å². The Kier molecular flexibility index (Phi) is 8.22. The molecule has 1 aliphatic heterocycles. The first-order valence-corrected chi connectivity index (χ1v) is 11.2. The van der Waals surface area contributed by atoms with Crippen molar-refractivity contribution in [1.82, 2.24) is 10.6 Å². The summed E-state index contributed by atoms with van der Waals surface area (Å²) in [7, 11) is 0. The van der Waals surface area contributed by atoms with Crippen LogP contribution in [0.3, 0.4) is 0 Å². The third-order valence-electron chi connectivity index (χ3n) is 4.99. The van der Waals surface area contributed by atoms with Crippen LogP contribution in [0, 0.1) is 23.1 Å². The summed E-state index contributed by atoms with van der Waals surface area (Å²) in [6.07, 6.45) is 0. The molecule has 0 spiro atoms. The van der Waals surface area contributed by atoms with Crippen molar-refractivity contribution in [2.45, 2.75) is 19.4 Å². The second-order valence-electron chi connectivity index (χ2n) is 7.12. The summed E-state index contributed by atoms with van der Waals surface area (Å²) < 4.78 is 19.7. The molecule has 2 aromatic carbocycles. The Bertz CT molecular complexity index is 1110. The molecule has 0 aliphatic carbocycles. The van der Waals surface area contributed by atoms with E-state index in [2.05, 4.69) is 10.6 Å². The molecule has 0 saturated heterocycles. The number of esters is 1. The Labute approximate surface area is 195 Å². The largest absolute Gasteiger partial charge is 0.465 e.